The van der Waals surface area contributed by atoms with Crippen molar-refractivity contribution >= 4 is 62.0 Å². The summed E-state index contributed by atoms with van der Waals surface area (Å²) in [6.07, 6.45) is 0. The Morgan fingerprint density at radius 1 is 1.50 bits per heavy atom. The van der Waals surface area contributed by atoms with E-state index >= 15 is 0 Å². The number of rotatable bonds is 8. The number of carbonyl (C=O) groups excluding carboxylic acids is 3. The summed E-state index contributed by atoms with van der Waals surface area (Å²) >= 11 is 1.72. The zero-order valence-electron chi connectivity index (χ0n) is 14.4. The molecule has 16 heteroatoms. The van der Waals surface area contributed by atoms with Crippen molar-refractivity contribution < 1.29 is 36.9 Å². The Morgan fingerprint density at radius 2 is 2.18 bits per heavy atom. The third-order valence-electron chi connectivity index (χ3n) is 3.30. The fraction of sp³-hybridized carbons (Fsp3) is 0.417. The van der Waals surface area contributed by atoms with Crippen LogP contribution in [0, 0.1) is 0 Å². The number of oxime groups is 1. The molecule has 1 aromatic heterocycles. The Balaban J connectivity index is 2.21. The summed E-state index contributed by atoms with van der Waals surface area (Å²) < 4.78 is 36.6. The van der Waals surface area contributed by atoms with Gasteiger partial charge in [-0.25, -0.2) is 4.98 Å². The Hall–Kier alpha value is -2.43. The van der Waals surface area contributed by atoms with Crippen LogP contribution in [0.25, 0.3) is 0 Å². The number of methoxy groups -OCH3 is 1. The van der Waals surface area contributed by atoms with Crippen molar-refractivity contribution in [3.05, 3.63) is 11.1 Å². The molecule has 0 unspecified atom stereocenters. The Kier molecular flexibility index (Phi) is 6.81. The zero-order chi connectivity index (χ0) is 21.1. The normalized spacial score (nSPS) is 19.8. The van der Waals surface area contributed by atoms with E-state index in [1.807, 2.05) is 0 Å². The van der Waals surface area contributed by atoms with Crippen LogP contribution >= 0.6 is 23.1 Å². The molecule has 0 radical (unpaired) electrons. The highest BCUT2D eigenvalue weighted by Crippen LogP contribution is 2.32. The number of nitrogens with zero attached hydrogens (tertiary/aromatic N) is 3. The molecule has 0 spiro atoms. The number of aromatic nitrogens is 1. The zero-order valence-corrected chi connectivity index (χ0v) is 16.8. The van der Waals surface area contributed by atoms with Crippen LogP contribution in [0.1, 0.15) is 5.69 Å². The molecule has 2 atom stereocenters. The van der Waals surface area contributed by atoms with E-state index in [9.17, 15) is 27.4 Å². The summed E-state index contributed by atoms with van der Waals surface area (Å²) in [6.45, 7) is 0. The highest BCUT2D eigenvalue weighted by molar-refractivity contribution is 8.01. The van der Waals surface area contributed by atoms with Gasteiger partial charge in [-0.3, -0.25) is 18.9 Å². The fourth-order valence-electron chi connectivity index (χ4n) is 2.09. The van der Waals surface area contributed by atoms with E-state index in [1.54, 1.807) is 0 Å². The van der Waals surface area contributed by atoms with Gasteiger partial charge in [-0.15, -0.1) is 23.1 Å². The second-order valence-electron chi connectivity index (χ2n) is 5.03. The second-order valence-corrected chi connectivity index (χ2v) is 8.32. The van der Waals surface area contributed by atoms with Crippen molar-refractivity contribution in [1.29, 1.82) is 0 Å². The van der Waals surface area contributed by atoms with Crippen LogP contribution in [0.5, 0.6) is 0 Å². The SMILES string of the molecule is CON=C(C(=O)N[C@@H]1C(=O)N(S(=O)(=O)O)[C@@H]1SCC(=O)OC)c1csc(N)n1. The first-order chi connectivity index (χ1) is 13.1. The van der Waals surface area contributed by atoms with Crippen LogP contribution in [0.15, 0.2) is 10.5 Å². The first-order valence-electron chi connectivity index (χ1n) is 7.22. The number of hydrogen-bond acceptors (Lipinski definition) is 12. The van der Waals surface area contributed by atoms with Crippen LogP contribution in [-0.4, -0.2) is 77.1 Å². The summed E-state index contributed by atoms with van der Waals surface area (Å²) in [5.41, 5.74) is 5.30. The van der Waals surface area contributed by atoms with E-state index in [1.165, 1.54) is 12.5 Å². The third-order valence-corrected chi connectivity index (χ3v) is 6.23. The molecule has 2 rings (SSSR count). The van der Waals surface area contributed by atoms with Gasteiger partial charge in [0.15, 0.2) is 10.8 Å². The first-order valence-corrected chi connectivity index (χ1v) is 10.5. The second kappa shape index (κ2) is 8.72. The summed E-state index contributed by atoms with van der Waals surface area (Å²) in [5.74, 6) is -3.00. The van der Waals surface area contributed by atoms with Gasteiger partial charge in [0.05, 0.1) is 12.9 Å². The highest BCUT2D eigenvalue weighted by Gasteiger charge is 2.54. The maximum atomic E-state index is 12.5. The molecule has 4 N–H and O–H groups in total. The fourth-order valence-corrected chi connectivity index (χ4v) is 4.92. The Morgan fingerprint density at radius 3 is 2.68 bits per heavy atom. The molecular formula is C12H15N5O8S3. The van der Waals surface area contributed by atoms with E-state index in [2.05, 4.69) is 25.0 Å². The molecule has 0 aliphatic carbocycles. The molecule has 0 aromatic carbocycles. The number of nitrogens with one attached hydrogen (secondary N) is 1. The number of ether oxygens (including phenoxy) is 1. The largest absolute Gasteiger partial charge is 0.468 e. The molecule has 1 aliphatic heterocycles. The quantitative estimate of drug-likeness (QED) is 0.136. The van der Waals surface area contributed by atoms with Gasteiger partial charge in [0.25, 0.3) is 11.8 Å². The standard InChI is InChI=1S/C12H15N5O8S3/c1-24-6(18)4-26-11-8(10(20)17(11)28(21,22)23)15-9(19)7(16-25-2)5-3-27-12(13)14-5/h3,8,11H,4H2,1-2H3,(H2,13,14)(H,15,19)(H,21,22,23)/t8-,11-/m1/s1. The van der Waals surface area contributed by atoms with Gasteiger partial charge in [0.2, 0.25) is 0 Å². The monoisotopic (exact) mass is 453 g/mol. The average Bonchev–Trinajstić information content (AvgIpc) is 3.04. The van der Waals surface area contributed by atoms with E-state index in [4.69, 9.17) is 5.73 Å². The van der Waals surface area contributed by atoms with Gasteiger partial charge in [0, 0.05) is 5.38 Å². The predicted molar refractivity (Wildman–Crippen MR) is 98.7 cm³/mol. The lowest BCUT2D eigenvalue weighted by Gasteiger charge is -2.43. The van der Waals surface area contributed by atoms with Gasteiger partial charge in [0.1, 0.15) is 24.2 Å². The van der Waals surface area contributed by atoms with E-state index in [-0.39, 0.29) is 26.6 Å². The topological polar surface area (TPSA) is 191 Å². The van der Waals surface area contributed by atoms with Gasteiger partial charge >= 0.3 is 16.3 Å². The lowest BCUT2D eigenvalue weighted by molar-refractivity contribution is -0.141. The molecule has 0 saturated carbocycles. The minimum absolute atomic E-state index is 0.0824. The summed E-state index contributed by atoms with van der Waals surface area (Å²) in [6, 6.07) is -1.36. The van der Waals surface area contributed by atoms with Gasteiger partial charge in [-0.05, 0) is 0 Å². The van der Waals surface area contributed by atoms with Crippen LogP contribution in [-0.2, 0) is 34.3 Å². The molecule has 1 aliphatic rings. The van der Waals surface area contributed by atoms with Crippen molar-refractivity contribution in [1.82, 2.24) is 14.6 Å². The molecule has 28 heavy (non-hydrogen) atoms. The third kappa shape index (κ3) is 4.70. The lowest BCUT2D eigenvalue weighted by Crippen LogP contribution is -2.71. The number of carbonyl (C=O) groups is 3. The molecule has 13 nitrogen and oxygen atoms in total. The smallest absolute Gasteiger partial charge is 0.363 e. The maximum Gasteiger partial charge on any atom is 0.363 e. The number of nitrogen functional groups attached to an aromatic ring is 1. The minimum atomic E-state index is -4.89. The summed E-state index contributed by atoms with van der Waals surface area (Å²) in [5, 5.41) is 6.16. The molecule has 0 bridgehead atoms. The number of nitrogens with two attached hydrogens (primary N) is 1. The molecule has 154 valence electrons. The van der Waals surface area contributed by atoms with Crippen molar-refractivity contribution in [3.63, 3.8) is 0 Å². The van der Waals surface area contributed by atoms with Gasteiger partial charge in [-0.2, -0.15) is 12.7 Å². The van der Waals surface area contributed by atoms with Crippen LogP contribution in [0.3, 0.4) is 0 Å². The number of esters is 1. The molecule has 1 aromatic rings. The van der Waals surface area contributed by atoms with Gasteiger partial charge in [-0.1, -0.05) is 5.16 Å². The Labute approximate surface area is 167 Å². The van der Waals surface area contributed by atoms with Gasteiger partial charge < -0.3 is 20.6 Å². The van der Waals surface area contributed by atoms with E-state index < -0.39 is 39.5 Å². The minimum Gasteiger partial charge on any atom is -0.468 e. The van der Waals surface area contributed by atoms with E-state index in [0.717, 1.165) is 18.4 Å². The van der Waals surface area contributed by atoms with Crippen molar-refractivity contribution in [2.75, 3.05) is 25.7 Å². The Bertz CT molecular complexity index is 914. The van der Waals surface area contributed by atoms with Crippen molar-refractivity contribution in [3.8, 4) is 0 Å². The molecule has 2 heterocycles. The number of thioether (sulfide) groups is 1. The summed E-state index contributed by atoms with van der Waals surface area (Å²) in [7, 11) is -2.58. The van der Waals surface area contributed by atoms with E-state index in [0.29, 0.717) is 11.8 Å². The summed E-state index contributed by atoms with van der Waals surface area (Å²) in [4.78, 5) is 44.4. The number of β-lactam (4-membered cyclic amide) rings is 1. The van der Waals surface area contributed by atoms with Crippen molar-refractivity contribution in [2.24, 2.45) is 5.16 Å². The lowest BCUT2D eigenvalue weighted by atomic mass is 10.1. The number of thiazole rings is 1. The number of anilines is 1. The molecule has 1 saturated heterocycles. The predicted octanol–water partition coefficient (Wildman–Crippen LogP) is -1.56. The van der Waals surface area contributed by atoms with Crippen LogP contribution < -0.4 is 11.1 Å². The van der Waals surface area contributed by atoms with Crippen LogP contribution in [0.4, 0.5) is 5.13 Å². The highest BCUT2D eigenvalue weighted by atomic mass is 32.2. The number of hydrogen-bond donors (Lipinski definition) is 3. The molecular weight excluding hydrogens is 438 g/mol. The molecule has 1 fully saturated rings. The molecule has 2 amide bonds. The maximum absolute atomic E-state index is 12.5. The number of amides is 2. The van der Waals surface area contributed by atoms with Crippen LogP contribution in [0.2, 0.25) is 0 Å². The average molecular weight is 453 g/mol. The van der Waals surface area contributed by atoms with Crippen molar-refractivity contribution in [2.45, 2.75) is 11.4 Å². The first kappa shape index (κ1) is 21.9.